The number of hydrogen-bond acceptors (Lipinski definition) is 7. The Kier molecular flexibility index (Phi) is 9.09. The van der Waals surface area contributed by atoms with Crippen molar-refractivity contribution >= 4 is 29.4 Å². The average Bonchev–Trinajstić information content (AvgIpc) is 3.16. The maximum absolute atomic E-state index is 13.2. The van der Waals surface area contributed by atoms with Crippen LogP contribution in [-0.2, 0) is 22.8 Å². The third-order valence-corrected chi connectivity index (χ3v) is 7.89. The number of thioether (sulfide) groups is 2. The fraction of sp³-hybridized carbons (Fsp3) is 0.207. The molecule has 8 heteroatoms. The van der Waals surface area contributed by atoms with Crippen molar-refractivity contribution in [1.82, 2.24) is 4.90 Å². The Hall–Kier alpha value is -3.49. The molecule has 3 aromatic rings. The van der Waals surface area contributed by atoms with E-state index < -0.39 is 5.91 Å². The van der Waals surface area contributed by atoms with Crippen molar-refractivity contribution in [2.45, 2.75) is 18.1 Å². The van der Waals surface area contributed by atoms with Crippen LogP contribution in [0.4, 0.5) is 0 Å². The van der Waals surface area contributed by atoms with Gasteiger partial charge < -0.3 is 19.3 Å². The Balaban J connectivity index is 1.55. The first-order valence-corrected chi connectivity index (χ1v) is 13.6. The minimum Gasteiger partial charge on any atom is -0.502 e. The zero-order chi connectivity index (χ0) is 26.2. The fourth-order valence-corrected chi connectivity index (χ4v) is 5.71. The van der Waals surface area contributed by atoms with Crippen LogP contribution in [0.3, 0.4) is 0 Å². The van der Waals surface area contributed by atoms with Gasteiger partial charge in [-0.05, 0) is 58.5 Å². The standard InChI is InChI=1S/C29H29NO5S2/c1-33-23-10-4-20(5-11-23)16-30-26(19-36-17-21-6-12-24(34-2)13-7-21)28(27(31)29(30)32)37-18-22-8-14-25(35-3)15-9-22/h4-15,19,31H,16-18H2,1-3H3/b26-19-. The maximum atomic E-state index is 13.2. The lowest BCUT2D eigenvalue weighted by molar-refractivity contribution is -0.127. The molecule has 4 rings (SSSR count). The number of carbonyl (C=O) groups excluding carboxylic acids is 1. The predicted molar refractivity (Wildman–Crippen MR) is 150 cm³/mol. The highest BCUT2D eigenvalue weighted by Gasteiger charge is 2.35. The molecule has 192 valence electrons. The van der Waals surface area contributed by atoms with Crippen LogP contribution in [0.15, 0.2) is 94.6 Å². The molecule has 0 aliphatic carbocycles. The predicted octanol–water partition coefficient (Wildman–Crippen LogP) is 6.53. The Morgan fingerprint density at radius 1 is 0.730 bits per heavy atom. The third kappa shape index (κ3) is 6.64. The fourth-order valence-electron chi connectivity index (χ4n) is 3.72. The van der Waals surface area contributed by atoms with Gasteiger partial charge in [0.05, 0.1) is 38.5 Å². The monoisotopic (exact) mass is 535 g/mol. The summed E-state index contributed by atoms with van der Waals surface area (Å²) in [5.74, 6) is 3.05. The Morgan fingerprint density at radius 3 is 1.68 bits per heavy atom. The lowest BCUT2D eigenvalue weighted by Gasteiger charge is -2.20. The number of ether oxygens (including phenoxy) is 3. The van der Waals surface area contributed by atoms with Gasteiger partial charge in [-0.1, -0.05) is 36.4 Å². The number of rotatable bonds is 11. The van der Waals surface area contributed by atoms with E-state index in [0.717, 1.165) is 39.7 Å². The van der Waals surface area contributed by atoms with Crippen LogP contribution in [0.2, 0.25) is 0 Å². The molecule has 0 spiro atoms. The molecule has 6 nitrogen and oxygen atoms in total. The summed E-state index contributed by atoms with van der Waals surface area (Å²) in [5.41, 5.74) is 3.84. The molecule has 0 saturated carbocycles. The second-order valence-corrected chi connectivity index (χ2v) is 10.1. The van der Waals surface area contributed by atoms with Crippen LogP contribution in [-0.4, -0.2) is 37.2 Å². The van der Waals surface area contributed by atoms with E-state index in [1.54, 1.807) is 38.0 Å². The zero-order valence-electron chi connectivity index (χ0n) is 21.0. The first kappa shape index (κ1) is 26.6. The van der Waals surface area contributed by atoms with E-state index in [1.807, 2.05) is 78.2 Å². The minimum atomic E-state index is -0.399. The molecule has 0 bridgehead atoms. The summed E-state index contributed by atoms with van der Waals surface area (Å²) >= 11 is 3.03. The summed E-state index contributed by atoms with van der Waals surface area (Å²) < 4.78 is 15.7. The van der Waals surface area contributed by atoms with Crippen LogP contribution < -0.4 is 14.2 Å². The third-order valence-electron chi connectivity index (χ3n) is 5.83. The summed E-state index contributed by atoms with van der Waals surface area (Å²) in [4.78, 5) is 15.4. The van der Waals surface area contributed by atoms with Crippen LogP contribution in [0, 0.1) is 0 Å². The topological polar surface area (TPSA) is 68.2 Å². The van der Waals surface area contributed by atoms with E-state index in [1.165, 1.54) is 11.8 Å². The van der Waals surface area contributed by atoms with Crippen molar-refractivity contribution in [3.05, 3.63) is 111 Å². The summed E-state index contributed by atoms with van der Waals surface area (Å²) in [6.07, 6.45) is 0. The molecule has 1 heterocycles. The first-order chi connectivity index (χ1) is 18.0. The quantitative estimate of drug-likeness (QED) is 0.299. The molecule has 1 aliphatic rings. The summed E-state index contributed by atoms with van der Waals surface area (Å²) in [7, 11) is 4.90. The second-order valence-electron chi connectivity index (χ2n) is 8.22. The van der Waals surface area contributed by atoms with Crippen molar-refractivity contribution < 1.29 is 24.1 Å². The number of aliphatic hydroxyl groups excluding tert-OH is 1. The molecule has 1 amide bonds. The second kappa shape index (κ2) is 12.7. The van der Waals surface area contributed by atoms with Gasteiger partial charge in [0, 0.05) is 11.5 Å². The summed E-state index contributed by atoms with van der Waals surface area (Å²) in [5, 5.41) is 12.8. The lowest BCUT2D eigenvalue weighted by atomic mass is 10.2. The summed E-state index contributed by atoms with van der Waals surface area (Å²) in [6, 6.07) is 23.3. The normalized spacial score (nSPS) is 14.4. The van der Waals surface area contributed by atoms with Gasteiger partial charge in [0.1, 0.15) is 17.2 Å². The molecule has 0 fully saturated rings. The molecule has 37 heavy (non-hydrogen) atoms. The largest absolute Gasteiger partial charge is 0.502 e. The molecule has 1 aliphatic heterocycles. The van der Waals surface area contributed by atoms with E-state index >= 15 is 0 Å². The van der Waals surface area contributed by atoms with Crippen molar-refractivity contribution in [1.29, 1.82) is 0 Å². The molecular formula is C29H29NO5S2. The van der Waals surface area contributed by atoms with Crippen molar-refractivity contribution in [3.63, 3.8) is 0 Å². The Bertz CT molecular complexity index is 1270. The molecular weight excluding hydrogens is 506 g/mol. The van der Waals surface area contributed by atoms with Gasteiger partial charge >= 0.3 is 0 Å². The molecule has 0 unspecified atom stereocenters. The van der Waals surface area contributed by atoms with Gasteiger partial charge in [-0.2, -0.15) is 0 Å². The number of hydrogen-bond donors (Lipinski definition) is 1. The number of methoxy groups -OCH3 is 3. The highest BCUT2D eigenvalue weighted by molar-refractivity contribution is 8.03. The number of carbonyl (C=O) groups is 1. The lowest BCUT2D eigenvalue weighted by Crippen LogP contribution is -2.25. The van der Waals surface area contributed by atoms with E-state index in [2.05, 4.69) is 0 Å². The van der Waals surface area contributed by atoms with Crippen molar-refractivity contribution in [3.8, 4) is 17.2 Å². The molecule has 3 aromatic carbocycles. The average molecular weight is 536 g/mol. The smallest absolute Gasteiger partial charge is 0.294 e. The molecule has 1 N–H and O–H groups in total. The van der Waals surface area contributed by atoms with Gasteiger partial charge in [-0.15, -0.1) is 23.5 Å². The summed E-state index contributed by atoms with van der Waals surface area (Å²) in [6.45, 7) is 0.342. The van der Waals surface area contributed by atoms with Gasteiger partial charge in [0.25, 0.3) is 5.91 Å². The van der Waals surface area contributed by atoms with Gasteiger partial charge in [-0.25, -0.2) is 0 Å². The number of nitrogens with zero attached hydrogens (tertiary/aromatic N) is 1. The van der Waals surface area contributed by atoms with Gasteiger partial charge in [-0.3, -0.25) is 9.69 Å². The maximum Gasteiger partial charge on any atom is 0.294 e. The van der Waals surface area contributed by atoms with Crippen LogP contribution >= 0.6 is 23.5 Å². The molecule has 0 atom stereocenters. The van der Waals surface area contributed by atoms with Crippen molar-refractivity contribution in [2.75, 3.05) is 21.3 Å². The molecule has 0 saturated heterocycles. The highest BCUT2D eigenvalue weighted by Crippen LogP contribution is 2.40. The first-order valence-electron chi connectivity index (χ1n) is 11.6. The van der Waals surface area contributed by atoms with Gasteiger partial charge in [0.15, 0.2) is 5.76 Å². The Labute approximate surface area is 225 Å². The molecule has 0 radical (unpaired) electrons. The van der Waals surface area contributed by atoms with E-state index in [-0.39, 0.29) is 5.76 Å². The van der Waals surface area contributed by atoms with E-state index in [0.29, 0.717) is 22.9 Å². The zero-order valence-corrected chi connectivity index (χ0v) is 22.6. The minimum absolute atomic E-state index is 0.219. The Morgan fingerprint density at radius 2 is 1.19 bits per heavy atom. The number of amides is 1. The number of aliphatic hydroxyl groups is 1. The van der Waals surface area contributed by atoms with Crippen LogP contribution in [0.1, 0.15) is 16.7 Å². The van der Waals surface area contributed by atoms with E-state index in [4.69, 9.17) is 14.2 Å². The molecule has 0 aromatic heterocycles. The SMILES string of the molecule is COc1ccc(CS/C=C2/C(SCc3ccc(OC)cc3)=C(O)C(=O)N2Cc2ccc(OC)cc2)cc1. The highest BCUT2D eigenvalue weighted by atomic mass is 32.2. The van der Waals surface area contributed by atoms with E-state index in [9.17, 15) is 9.90 Å². The van der Waals surface area contributed by atoms with Crippen LogP contribution in [0.25, 0.3) is 0 Å². The van der Waals surface area contributed by atoms with Crippen LogP contribution in [0.5, 0.6) is 17.2 Å². The van der Waals surface area contributed by atoms with Crippen molar-refractivity contribution in [2.24, 2.45) is 0 Å². The number of benzene rings is 3. The van der Waals surface area contributed by atoms with Gasteiger partial charge in [0.2, 0.25) is 0 Å².